The number of nitrogens with zero attached hydrogens (tertiary/aromatic N) is 1. The van der Waals surface area contributed by atoms with E-state index in [9.17, 15) is 0 Å². The monoisotopic (exact) mass is 164 g/mol. The largest absolute Gasteiger partial charge is 0.330 e. The Kier molecular flexibility index (Phi) is 4.39. The first-order valence-corrected chi connectivity index (χ1v) is 4.53. The van der Waals surface area contributed by atoms with Crippen molar-refractivity contribution >= 4 is 0 Å². The highest BCUT2D eigenvalue weighted by Gasteiger charge is 1.92. The van der Waals surface area contributed by atoms with E-state index in [0.717, 1.165) is 19.4 Å². The molecule has 2 heteroatoms. The summed E-state index contributed by atoms with van der Waals surface area (Å²) >= 11 is 0. The predicted octanol–water partition coefficient (Wildman–Crippen LogP) is 1.75. The summed E-state index contributed by atoms with van der Waals surface area (Å²) in [6.07, 6.45) is 6.48. The van der Waals surface area contributed by atoms with Crippen LogP contribution in [-0.2, 0) is 6.42 Å². The molecule has 0 spiro atoms. The molecule has 66 valence electrons. The third-order valence-electron chi connectivity index (χ3n) is 1.86. The van der Waals surface area contributed by atoms with Gasteiger partial charge in [0.15, 0.2) is 0 Å². The fraction of sp³-hybridized carbons (Fsp3) is 0.500. The van der Waals surface area contributed by atoms with E-state index in [1.54, 1.807) is 0 Å². The van der Waals surface area contributed by atoms with Crippen molar-refractivity contribution in [1.82, 2.24) is 4.98 Å². The molecule has 0 saturated carbocycles. The number of pyridine rings is 1. The van der Waals surface area contributed by atoms with Crippen molar-refractivity contribution in [3.05, 3.63) is 30.1 Å². The molecule has 1 aromatic heterocycles. The van der Waals surface area contributed by atoms with E-state index in [1.165, 1.54) is 18.5 Å². The van der Waals surface area contributed by atoms with Crippen LogP contribution in [0.1, 0.15) is 25.0 Å². The van der Waals surface area contributed by atoms with Gasteiger partial charge in [0.2, 0.25) is 0 Å². The van der Waals surface area contributed by atoms with Gasteiger partial charge in [-0.05, 0) is 37.9 Å². The van der Waals surface area contributed by atoms with Gasteiger partial charge in [-0.15, -0.1) is 0 Å². The van der Waals surface area contributed by atoms with Gasteiger partial charge in [0.05, 0.1) is 0 Å². The maximum absolute atomic E-state index is 5.39. The molecular weight excluding hydrogens is 148 g/mol. The summed E-state index contributed by atoms with van der Waals surface area (Å²) in [5.41, 5.74) is 6.58. The van der Waals surface area contributed by atoms with E-state index in [-0.39, 0.29) is 0 Å². The molecule has 0 fully saturated rings. The lowest BCUT2D eigenvalue weighted by Gasteiger charge is -1.98. The molecule has 0 saturated heterocycles. The summed E-state index contributed by atoms with van der Waals surface area (Å²) in [4.78, 5) is 4.25. The quantitative estimate of drug-likeness (QED) is 0.673. The maximum atomic E-state index is 5.39. The van der Waals surface area contributed by atoms with E-state index in [2.05, 4.69) is 11.1 Å². The smallest absolute Gasteiger partial charge is 0.0403 e. The number of unbranched alkanes of at least 4 members (excludes halogenated alkanes) is 2. The van der Waals surface area contributed by atoms with Gasteiger partial charge in [-0.1, -0.05) is 12.5 Å². The van der Waals surface area contributed by atoms with Crippen LogP contribution in [0.25, 0.3) is 0 Å². The van der Waals surface area contributed by atoms with Gasteiger partial charge in [-0.2, -0.15) is 0 Å². The SMILES string of the molecule is NCCCCCc1ccccn1. The van der Waals surface area contributed by atoms with Crippen LogP contribution in [0.4, 0.5) is 0 Å². The number of aromatic nitrogens is 1. The fourth-order valence-corrected chi connectivity index (χ4v) is 1.17. The Labute approximate surface area is 73.8 Å². The number of nitrogens with two attached hydrogens (primary N) is 1. The molecule has 0 aliphatic heterocycles. The zero-order chi connectivity index (χ0) is 8.65. The standard InChI is InChI=1S/C10H16N2/c11-8-4-1-2-6-10-7-3-5-9-12-10/h3,5,7,9H,1-2,4,6,8,11H2. The second-order valence-electron chi connectivity index (χ2n) is 2.92. The molecule has 12 heavy (non-hydrogen) atoms. The Morgan fingerprint density at radius 1 is 1.17 bits per heavy atom. The third-order valence-corrected chi connectivity index (χ3v) is 1.86. The minimum absolute atomic E-state index is 0.808. The normalized spacial score (nSPS) is 10.1. The lowest BCUT2D eigenvalue weighted by molar-refractivity contribution is 0.679. The highest BCUT2D eigenvalue weighted by atomic mass is 14.7. The van der Waals surface area contributed by atoms with Crippen molar-refractivity contribution < 1.29 is 0 Å². The number of hydrogen-bond donors (Lipinski definition) is 1. The molecule has 0 aliphatic rings. The molecule has 0 unspecified atom stereocenters. The van der Waals surface area contributed by atoms with Crippen LogP contribution in [-0.4, -0.2) is 11.5 Å². The average molecular weight is 164 g/mol. The van der Waals surface area contributed by atoms with Crippen molar-refractivity contribution in [2.45, 2.75) is 25.7 Å². The van der Waals surface area contributed by atoms with Crippen LogP contribution in [0.3, 0.4) is 0 Å². The Morgan fingerprint density at radius 2 is 2.08 bits per heavy atom. The van der Waals surface area contributed by atoms with Gasteiger partial charge in [-0.3, -0.25) is 4.98 Å². The maximum Gasteiger partial charge on any atom is 0.0403 e. The fourth-order valence-electron chi connectivity index (χ4n) is 1.17. The van der Waals surface area contributed by atoms with Crippen molar-refractivity contribution in [2.75, 3.05) is 6.54 Å². The van der Waals surface area contributed by atoms with Gasteiger partial charge in [0.1, 0.15) is 0 Å². The Morgan fingerprint density at radius 3 is 2.75 bits per heavy atom. The predicted molar refractivity (Wildman–Crippen MR) is 50.8 cm³/mol. The van der Waals surface area contributed by atoms with Crippen LogP contribution >= 0.6 is 0 Å². The minimum Gasteiger partial charge on any atom is -0.330 e. The van der Waals surface area contributed by atoms with Gasteiger partial charge in [0, 0.05) is 11.9 Å². The second kappa shape index (κ2) is 5.72. The van der Waals surface area contributed by atoms with Crippen LogP contribution in [0.2, 0.25) is 0 Å². The molecule has 1 rings (SSSR count). The van der Waals surface area contributed by atoms with Crippen LogP contribution in [0.5, 0.6) is 0 Å². The summed E-state index contributed by atoms with van der Waals surface area (Å²) in [6, 6.07) is 6.05. The molecule has 0 aromatic carbocycles. The zero-order valence-corrected chi connectivity index (χ0v) is 7.37. The first kappa shape index (κ1) is 9.20. The Bertz CT molecular complexity index is 196. The molecule has 1 heterocycles. The van der Waals surface area contributed by atoms with Crippen molar-refractivity contribution in [3.8, 4) is 0 Å². The molecule has 0 bridgehead atoms. The van der Waals surface area contributed by atoms with Crippen LogP contribution in [0.15, 0.2) is 24.4 Å². The highest BCUT2D eigenvalue weighted by molar-refractivity contribution is 5.03. The van der Waals surface area contributed by atoms with Crippen molar-refractivity contribution in [1.29, 1.82) is 0 Å². The third kappa shape index (κ3) is 3.49. The van der Waals surface area contributed by atoms with Gasteiger partial charge < -0.3 is 5.73 Å². The Hall–Kier alpha value is -0.890. The van der Waals surface area contributed by atoms with Gasteiger partial charge in [-0.25, -0.2) is 0 Å². The minimum atomic E-state index is 0.808. The molecule has 2 N–H and O–H groups in total. The van der Waals surface area contributed by atoms with Crippen molar-refractivity contribution in [2.24, 2.45) is 5.73 Å². The first-order chi connectivity index (χ1) is 5.93. The number of hydrogen-bond acceptors (Lipinski definition) is 2. The van der Waals surface area contributed by atoms with Crippen LogP contribution in [0, 0.1) is 0 Å². The van der Waals surface area contributed by atoms with Crippen LogP contribution < -0.4 is 5.73 Å². The van der Waals surface area contributed by atoms with Crippen molar-refractivity contribution in [3.63, 3.8) is 0 Å². The molecule has 0 amide bonds. The Balaban J connectivity index is 2.16. The lowest BCUT2D eigenvalue weighted by atomic mass is 10.1. The number of rotatable bonds is 5. The van der Waals surface area contributed by atoms with E-state index in [1.807, 2.05) is 18.3 Å². The molecule has 2 nitrogen and oxygen atoms in total. The molecular formula is C10H16N2. The molecule has 0 aliphatic carbocycles. The van der Waals surface area contributed by atoms with E-state index >= 15 is 0 Å². The first-order valence-electron chi connectivity index (χ1n) is 4.53. The molecule has 0 atom stereocenters. The second-order valence-corrected chi connectivity index (χ2v) is 2.92. The number of aryl methyl sites for hydroxylation is 1. The summed E-state index contributed by atoms with van der Waals surface area (Å²) in [7, 11) is 0. The van der Waals surface area contributed by atoms with Gasteiger partial charge >= 0.3 is 0 Å². The summed E-state index contributed by atoms with van der Waals surface area (Å²) < 4.78 is 0. The lowest BCUT2D eigenvalue weighted by Crippen LogP contribution is -1.98. The van der Waals surface area contributed by atoms with E-state index in [4.69, 9.17) is 5.73 Å². The van der Waals surface area contributed by atoms with E-state index < -0.39 is 0 Å². The zero-order valence-electron chi connectivity index (χ0n) is 7.37. The molecule has 0 radical (unpaired) electrons. The summed E-state index contributed by atoms with van der Waals surface area (Å²) in [5.74, 6) is 0. The van der Waals surface area contributed by atoms with E-state index in [0.29, 0.717) is 0 Å². The average Bonchev–Trinajstić information content (AvgIpc) is 2.14. The topological polar surface area (TPSA) is 38.9 Å². The summed E-state index contributed by atoms with van der Waals surface area (Å²) in [6.45, 7) is 0.808. The molecule has 1 aromatic rings. The summed E-state index contributed by atoms with van der Waals surface area (Å²) in [5, 5.41) is 0. The highest BCUT2D eigenvalue weighted by Crippen LogP contribution is 2.02. The van der Waals surface area contributed by atoms with Gasteiger partial charge in [0.25, 0.3) is 0 Å².